The molecule has 26 heavy (non-hydrogen) atoms. The van der Waals surface area contributed by atoms with Crippen LogP contribution in [0.5, 0.6) is 0 Å². The van der Waals surface area contributed by atoms with Crippen LogP contribution in [0.4, 0.5) is 5.69 Å². The average molecular weight is 372 g/mol. The molecule has 2 aromatic rings. The van der Waals surface area contributed by atoms with E-state index in [0.717, 1.165) is 35.2 Å². The fourth-order valence-corrected chi connectivity index (χ4v) is 4.60. The zero-order valence-electron chi connectivity index (χ0n) is 15.8. The molecule has 4 nitrogen and oxygen atoms in total. The third-order valence-electron chi connectivity index (χ3n) is 4.78. The number of aryl methyl sites for hydroxylation is 5. The molecule has 0 spiro atoms. The van der Waals surface area contributed by atoms with Gasteiger partial charge < -0.3 is 10.1 Å². The summed E-state index contributed by atoms with van der Waals surface area (Å²) in [5, 5.41) is 2.90. The minimum absolute atomic E-state index is 0.310. The minimum atomic E-state index is -0.846. The van der Waals surface area contributed by atoms with Crippen LogP contribution in [0.2, 0.25) is 0 Å². The number of rotatable bonds is 4. The number of carbonyl (C=O) groups excluding carboxylic acids is 2. The highest BCUT2D eigenvalue weighted by Crippen LogP contribution is 2.30. The first-order chi connectivity index (χ1) is 12.3. The van der Waals surface area contributed by atoms with Crippen LogP contribution >= 0.6 is 11.3 Å². The molecule has 1 aliphatic carbocycles. The van der Waals surface area contributed by atoms with E-state index in [9.17, 15) is 9.59 Å². The van der Waals surface area contributed by atoms with Crippen molar-refractivity contribution in [3.05, 3.63) is 50.2 Å². The number of esters is 1. The number of thiophene rings is 1. The van der Waals surface area contributed by atoms with Gasteiger partial charge in [0.1, 0.15) is 4.88 Å². The van der Waals surface area contributed by atoms with Crippen LogP contribution in [0, 0.1) is 20.8 Å². The van der Waals surface area contributed by atoms with E-state index in [1.807, 2.05) is 39.0 Å². The first-order valence-corrected chi connectivity index (χ1v) is 9.88. The number of anilines is 1. The highest BCUT2D eigenvalue weighted by molar-refractivity contribution is 7.14. The third-order valence-corrected chi connectivity index (χ3v) is 5.99. The Kier molecular flexibility index (Phi) is 5.47. The van der Waals surface area contributed by atoms with Gasteiger partial charge in [0, 0.05) is 10.6 Å². The number of hydrogen-bond acceptors (Lipinski definition) is 4. The molecule has 1 heterocycles. The lowest BCUT2D eigenvalue weighted by molar-refractivity contribution is -0.123. The van der Waals surface area contributed by atoms with E-state index in [2.05, 4.69) is 5.32 Å². The van der Waals surface area contributed by atoms with Crippen molar-refractivity contribution in [2.75, 3.05) is 5.32 Å². The van der Waals surface area contributed by atoms with E-state index in [-0.39, 0.29) is 5.91 Å². The molecule has 138 valence electrons. The molecule has 0 fully saturated rings. The lowest BCUT2D eigenvalue weighted by Gasteiger charge is -2.16. The topological polar surface area (TPSA) is 55.4 Å². The Labute approximate surface area is 158 Å². The van der Waals surface area contributed by atoms with E-state index in [4.69, 9.17) is 4.74 Å². The Bertz CT molecular complexity index is 806. The quantitative estimate of drug-likeness (QED) is 0.790. The van der Waals surface area contributed by atoms with Crippen LogP contribution in [-0.4, -0.2) is 18.0 Å². The van der Waals surface area contributed by atoms with Crippen LogP contribution in [-0.2, 0) is 22.4 Å². The highest BCUT2D eigenvalue weighted by atomic mass is 32.1. The first kappa shape index (κ1) is 18.6. The van der Waals surface area contributed by atoms with Crippen molar-refractivity contribution >= 4 is 28.9 Å². The predicted molar refractivity (Wildman–Crippen MR) is 105 cm³/mol. The lowest BCUT2D eigenvalue weighted by atomic mass is 9.99. The summed E-state index contributed by atoms with van der Waals surface area (Å²) in [4.78, 5) is 26.8. The van der Waals surface area contributed by atoms with Crippen molar-refractivity contribution in [3.63, 3.8) is 0 Å². The van der Waals surface area contributed by atoms with Gasteiger partial charge in [0.15, 0.2) is 6.10 Å². The SMILES string of the molecule is Cc1cc(C)c(NC(=O)C(C)OC(=O)c2cc3c(s2)CCCC3)c(C)c1. The molecule has 1 atom stereocenters. The maximum atomic E-state index is 12.5. The molecule has 0 aliphatic heterocycles. The van der Waals surface area contributed by atoms with Crippen LogP contribution in [0.25, 0.3) is 0 Å². The van der Waals surface area contributed by atoms with Crippen molar-refractivity contribution in [2.45, 2.75) is 59.5 Å². The summed E-state index contributed by atoms with van der Waals surface area (Å²) in [5.74, 6) is -0.723. The zero-order valence-corrected chi connectivity index (χ0v) is 16.6. The summed E-state index contributed by atoms with van der Waals surface area (Å²) in [6.07, 6.45) is 3.57. The smallest absolute Gasteiger partial charge is 0.349 e. The number of carbonyl (C=O) groups is 2. The molecule has 1 aromatic heterocycles. The van der Waals surface area contributed by atoms with Crippen LogP contribution in [0.3, 0.4) is 0 Å². The second-order valence-electron chi connectivity index (χ2n) is 7.08. The van der Waals surface area contributed by atoms with Gasteiger partial charge in [-0.3, -0.25) is 4.79 Å². The number of benzene rings is 1. The number of ether oxygens (including phenoxy) is 1. The maximum Gasteiger partial charge on any atom is 0.349 e. The van der Waals surface area contributed by atoms with E-state index in [0.29, 0.717) is 4.88 Å². The second kappa shape index (κ2) is 7.62. The largest absolute Gasteiger partial charge is 0.448 e. The molecule has 1 amide bonds. The monoisotopic (exact) mass is 371 g/mol. The number of nitrogens with one attached hydrogen (secondary N) is 1. The number of hydrogen-bond donors (Lipinski definition) is 1. The molecule has 1 unspecified atom stereocenters. The van der Waals surface area contributed by atoms with E-state index in [1.54, 1.807) is 6.92 Å². The molecule has 1 aliphatic rings. The van der Waals surface area contributed by atoms with Gasteiger partial charge in [-0.2, -0.15) is 0 Å². The van der Waals surface area contributed by atoms with Gasteiger partial charge in [0.05, 0.1) is 0 Å². The molecule has 0 bridgehead atoms. The Morgan fingerprint density at radius 1 is 1.08 bits per heavy atom. The summed E-state index contributed by atoms with van der Waals surface area (Å²) in [7, 11) is 0. The molecule has 0 saturated heterocycles. The molecular weight excluding hydrogens is 346 g/mol. The van der Waals surface area contributed by atoms with Gasteiger partial charge in [0.25, 0.3) is 5.91 Å². The van der Waals surface area contributed by atoms with Crippen molar-refractivity contribution in [3.8, 4) is 0 Å². The van der Waals surface area contributed by atoms with Crippen LogP contribution < -0.4 is 5.32 Å². The van der Waals surface area contributed by atoms with Gasteiger partial charge in [-0.15, -0.1) is 11.3 Å². The third kappa shape index (κ3) is 3.98. The normalized spacial score (nSPS) is 14.5. The Morgan fingerprint density at radius 2 is 1.73 bits per heavy atom. The Hall–Kier alpha value is -2.14. The Morgan fingerprint density at radius 3 is 2.38 bits per heavy atom. The predicted octanol–water partition coefficient (Wildman–Crippen LogP) is 4.74. The van der Waals surface area contributed by atoms with Crippen molar-refractivity contribution in [1.82, 2.24) is 0 Å². The summed E-state index contributed by atoms with van der Waals surface area (Å²) >= 11 is 1.50. The zero-order chi connectivity index (χ0) is 18.8. The molecule has 0 saturated carbocycles. The van der Waals surface area contributed by atoms with Gasteiger partial charge in [-0.25, -0.2) is 4.79 Å². The van der Waals surface area contributed by atoms with E-state index in [1.165, 1.54) is 34.6 Å². The maximum absolute atomic E-state index is 12.5. The molecule has 5 heteroatoms. The summed E-state index contributed by atoms with van der Waals surface area (Å²) in [5.41, 5.74) is 5.20. The molecule has 0 radical (unpaired) electrons. The van der Waals surface area contributed by atoms with Crippen molar-refractivity contribution < 1.29 is 14.3 Å². The lowest BCUT2D eigenvalue weighted by Crippen LogP contribution is -2.30. The minimum Gasteiger partial charge on any atom is -0.448 e. The van der Waals surface area contributed by atoms with Crippen molar-refractivity contribution in [1.29, 1.82) is 0 Å². The Balaban J connectivity index is 1.66. The van der Waals surface area contributed by atoms with Gasteiger partial charge in [0.2, 0.25) is 0 Å². The van der Waals surface area contributed by atoms with Crippen molar-refractivity contribution in [2.24, 2.45) is 0 Å². The molecular formula is C21H25NO3S. The molecule has 1 N–H and O–H groups in total. The van der Waals surface area contributed by atoms with Crippen LogP contribution in [0.1, 0.15) is 56.6 Å². The molecule has 1 aromatic carbocycles. The number of amides is 1. The number of fused-ring (bicyclic) bond motifs is 1. The first-order valence-electron chi connectivity index (χ1n) is 9.06. The summed E-state index contributed by atoms with van der Waals surface area (Å²) < 4.78 is 5.41. The van der Waals surface area contributed by atoms with Crippen LogP contribution in [0.15, 0.2) is 18.2 Å². The van der Waals surface area contributed by atoms with Gasteiger partial charge in [-0.1, -0.05) is 17.7 Å². The van der Waals surface area contributed by atoms with E-state index >= 15 is 0 Å². The highest BCUT2D eigenvalue weighted by Gasteiger charge is 2.23. The van der Waals surface area contributed by atoms with E-state index < -0.39 is 12.1 Å². The fraction of sp³-hybridized carbons (Fsp3) is 0.429. The van der Waals surface area contributed by atoms with Gasteiger partial charge in [-0.05, 0) is 76.1 Å². The average Bonchev–Trinajstić information content (AvgIpc) is 3.02. The second-order valence-corrected chi connectivity index (χ2v) is 8.21. The molecule has 3 rings (SSSR count). The van der Waals surface area contributed by atoms with Gasteiger partial charge >= 0.3 is 5.97 Å². The summed E-state index contributed by atoms with van der Waals surface area (Å²) in [6, 6.07) is 5.98. The fourth-order valence-electron chi connectivity index (χ4n) is 3.47. The standard InChI is InChI=1S/C21H25NO3S/c1-12-9-13(2)19(14(3)10-12)22-20(23)15(4)25-21(24)18-11-16-7-5-6-8-17(16)26-18/h9-11,15H,5-8H2,1-4H3,(H,22,23). The summed E-state index contributed by atoms with van der Waals surface area (Å²) in [6.45, 7) is 7.56.